The minimum absolute atomic E-state index is 0.243. The lowest BCUT2D eigenvalue weighted by Gasteiger charge is -2.38. The second-order valence-electron chi connectivity index (χ2n) is 7.38. The monoisotopic (exact) mass is 353 g/mol. The Morgan fingerprint density at radius 2 is 2.04 bits per heavy atom. The Morgan fingerprint density at radius 1 is 1.23 bits per heavy atom. The highest BCUT2D eigenvalue weighted by Gasteiger charge is 2.39. The molecule has 1 fully saturated rings. The first-order chi connectivity index (χ1) is 12.7. The molecule has 1 unspecified atom stereocenters. The molecule has 1 aromatic carbocycles. The molecule has 0 amide bonds. The van der Waals surface area contributed by atoms with Gasteiger partial charge in [0.1, 0.15) is 5.82 Å². The van der Waals surface area contributed by atoms with Crippen LogP contribution < -0.4 is 0 Å². The highest BCUT2D eigenvalue weighted by molar-refractivity contribution is 5.75. The van der Waals surface area contributed by atoms with Gasteiger partial charge in [0.25, 0.3) is 0 Å². The Bertz CT molecular complexity index is 748. The third-order valence-electron chi connectivity index (χ3n) is 5.77. The maximum Gasteiger partial charge on any atom is 0.123 e. The molecule has 0 aliphatic heterocycles. The summed E-state index contributed by atoms with van der Waals surface area (Å²) in [5.41, 5.74) is 1.39. The average molecular weight is 353 g/mol. The minimum Gasteiger partial charge on any atom is -0.251 e. The molecule has 136 valence electrons. The van der Waals surface area contributed by atoms with Gasteiger partial charge >= 0.3 is 0 Å². The van der Waals surface area contributed by atoms with Crippen LogP contribution in [-0.2, 0) is 0 Å². The Balaban J connectivity index is 1.65. The number of benzene rings is 1. The van der Waals surface area contributed by atoms with Crippen molar-refractivity contribution in [2.75, 3.05) is 6.67 Å². The Kier molecular flexibility index (Phi) is 6.04. The van der Waals surface area contributed by atoms with E-state index in [-0.39, 0.29) is 12.5 Å². The first-order valence-corrected chi connectivity index (χ1v) is 9.46. The first kappa shape index (κ1) is 18.6. The fraction of sp³-hybridized carbons (Fsp3) is 0.435. The van der Waals surface area contributed by atoms with Crippen molar-refractivity contribution in [1.82, 2.24) is 0 Å². The van der Waals surface area contributed by atoms with E-state index in [1.54, 1.807) is 6.07 Å². The van der Waals surface area contributed by atoms with Crippen LogP contribution in [0.25, 0.3) is 5.57 Å². The molecule has 0 spiro atoms. The van der Waals surface area contributed by atoms with Crippen LogP contribution in [0.4, 0.5) is 8.78 Å². The Morgan fingerprint density at radius 3 is 2.65 bits per heavy atom. The van der Waals surface area contributed by atoms with Gasteiger partial charge < -0.3 is 0 Å². The van der Waals surface area contributed by atoms with Crippen LogP contribution in [0.2, 0.25) is 0 Å². The molecule has 0 heterocycles. The zero-order chi connectivity index (χ0) is 18.4. The van der Waals surface area contributed by atoms with Crippen molar-refractivity contribution >= 4 is 5.57 Å². The number of hydrogen-bond acceptors (Lipinski definition) is 1. The molecule has 26 heavy (non-hydrogen) atoms. The second kappa shape index (κ2) is 8.45. The molecule has 2 aliphatic carbocycles. The molecule has 1 atom stereocenters. The van der Waals surface area contributed by atoms with Gasteiger partial charge in [-0.3, -0.25) is 4.39 Å². The maximum absolute atomic E-state index is 13.4. The summed E-state index contributed by atoms with van der Waals surface area (Å²) in [6, 6.07) is 9.15. The van der Waals surface area contributed by atoms with Crippen LogP contribution in [0.15, 0.2) is 54.6 Å². The molecule has 2 aliphatic rings. The SMILES string of the molecule is N#CC1([C@H]2CC[C@H](C=CCCF)CC2)C=CC(c2cccc(F)c2)=CC1. The van der Waals surface area contributed by atoms with E-state index in [0.29, 0.717) is 24.7 Å². The van der Waals surface area contributed by atoms with Crippen LogP contribution in [0.1, 0.15) is 44.1 Å². The zero-order valence-electron chi connectivity index (χ0n) is 15.0. The first-order valence-electron chi connectivity index (χ1n) is 9.46. The van der Waals surface area contributed by atoms with Gasteiger partial charge in [-0.05, 0) is 73.6 Å². The largest absolute Gasteiger partial charge is 0.251 e. The maximum atomic E-state index is 13.4. The number of rotatable bonds is 5. The molecular formula is C23H25F2N. The van der Waals surface area contributed by atoms with Crippen molar-refractivity contribution in [2.24, 2.45) is 17.3 Å². The summed E-state index contributed by atoms with van der Waals surface area (Å²) in [6.07, 6.45) is 15.5. The van der Waals surface area contributed by atoms with Crippen molar-refractivity contribution < 1.29 is 8.78 Å². The topological polar surface area (TPSA) is 23.8 Å². The Labute approximate surface area is 154 Å². The molecule has 3 heteroatoms. The van der Waals surface area contributed by atoms with E-state index in [1.807, 2.05) is 24.3 Å². The van der Waals surface area contributed by atoms with E-state index in [4.69, 9.17) is 0 Å². The molecule has 1 saturated carbocycles. The standard InChI is InChI=1S/C23H25F2N/c24-15-2-1-4-18-7-9-21(10-8-18)23(17-26)13-11-19(12-14-23)20-5-3-6-22(25)16-20/h1,3-6,11-13,16,18,21H,2,7-10,14-15H2/t18-,21-,23?. The predicted octanol–water partition coefficient (Wildman–Crippen LogP) is 6.40. The second-order valence-corrected chi connectivity index (χ2v) is 7.38. The zero-order valence-corrected chi connectivity index (χ0v) is 15.0. The molecule has 3 rings (SSSR count). The van der Waals surface area contributed by atoms with Crippen molar-refractivity contribution in [3.05, 3.63) is 66.0 Å². The van der Waals surface area contributed by atoms with E-state index in [1.165, 1.54) is 12.1 Å². The number of hydrogen-bond donors (Lipinski definition) is 0. The van der Waals surface area contributed by atoms with Crippen molar-refractivity contribution in [2.45, 2.75) is 38.5 Å². The molecule has 0 N–H and O–H groups in total. The van der Waals surface area contributed by atoms with Crippen LogP contribution in [0.5, 0.6) is 0 Å². The fourth-order valence-electron chi connectivity index (χ4n) is 4.19. The number of nitrogens with zero attached hydrogens (tertiary/aromatic N) is 1. The van der Waals surface area contributed by atoms with Gasteiger partial charge in [0.2, 0.25) is 0 Å². The fourth-order valence-corrected chi connectivity index (χ4v) is 4.19. The van der Waals surface area contributed by atoms with Gasteiger partial charge in [-0.25, -0.2) is 4.39 Å². The number of nitriles is 1. The average Bonchev–Trinajstić information content (AvgIpc) is 2.69. The van der Waals surface area contributed by atoms with Crippen LogP contribution >= 0.6 is 0 Å². The van der Waals surface area contributed by atoms with Gasteiger partial charge in [0.15, 0.2) is 0 Å². The number of alkyl halides is 1. The number of allylic oxidation sites excluding steroid dienone is 6. The molecule has 0 radical (unpaired) electrons. The summed E-state index contributed by atoms with van der Waals surface area (Å²) in [7, 11) is 0. The van der Waals surface area contributed by atoms with Gasteiger partial charge in [-0.2, -0.15) is 5.26 Å². The van der Waals surface area contributed by atoms with E-state index >= 15 is 0 Å². The van der Waals surface area contributed by atoms with Gasteiger partial charge in [-0.15, -0.1) is 0 Å². The summed E-state index contributed by atoms with van der Waals surface area (Å²) in [4.78, 5) is 0. The van der Waals surface area contributed by atoms with E-state index < -0.39 is 5.41 Å². The van der Waals surface area contributed by atoms with Crippen LogP contribution in [0.3, 0.4) is 0 Å². The third kappa shape index (κ3) is 4.12. The molecule has 0 aromatic heterocycles. The van der Waals surface area contributed by atoms with E-state index in [0.717, 1.165) is 36.8 Å². The summed E-state index contributed by atoms with van der Waals surface area (Å²) < 4.78 is 25.7. The minimum atomic E-state index is -0.454. The lowest BCUT2D eigenvalue weighted by Crippen LogP contribution is -2.31. The summed E-state index contributed by atoms with van der Waals surface area (Å²) in [6.45, 7) is -0.297. The molecule has 1 nitrogen and oxygen atoms in total. The lowest BCUT2D eigenvalue weighted by atomic mass is 9.64. The Hall–Kier alpha value is -2.21. The van der Waals surface area contributed by atoms with E-state index in [2.05, 4.69) is 18.2 Å². The van der Waals surface area contributed by atoms with Gasteiger partial charge in [-0.1, -0.05) is 42.5 Å². The summed E-state index contributed by atoms with van der Waals surface area (Å²) in [5, 5.41) is 9.89. The highest BCUT2D eigenvalue weighted by atomic mass is 19.1. The van der Waals surface area contributed by atoms with Crippen molar-refractivity contribution in [3.8, 4) is 6.07 Å². The van der Waals surface area contributed by atoms with Gasteiger partial charge in [0, 0.05) is 0 Å². The lowest BCUT2D eigenvalue weighted by molar-refractivity contribution is 0.205. The molecule has 1 aromatic rings. The van der Waals surface area contributed by atoms with Crippen LogP contribution in [0, 0.1) is 34.4 Å². The normalized spacial score (nSPS) is 28.7. The molecule has 0 saturated heterocycles. The van der Waals surface area contributed by atoms with E-state index in [9.17, 15) is 14.0 Å². The number of halogens is 2. The predicted molar refractivity (Wildman–Crippen MR) is 101 cm³/mol. The third-order valence-corrected chi connectivity index (χ3v) is 5.77. The quantitative estimate of drug-likeness (QED) is 0.562. The summed E-state index contributed by atoms with van der Waals surface area (Å²) >= 11 is 0. The molecule has 0 bridgehead atoms. The molecular weight excluding hydrogens is 328 g/mol. The van der Waals surface area contributed by atoms with Crippen molar-refractivity contribution in [3.63, 3.8) is 0 Å². The van der Waals surface area contributed by atoms with Crippen LogP contribution in [-0.4, -0.2) is 6.67 Å². The van der Waals surface area contributed by atoms with Crippen molar-refractivity contribution in [1.29, 1.82) is 5.26 Å². The smallest absolute Gasteiger partial charge is 0.123 e. The van der Waals surface area contributed by atoms with Gasteiger partial charge in [0.05, 0.1) is 18.2 Å². The summed E-state index contributed by atoms with van der Waals surface area (Å²) in [5.74, 6) is 0.618. The highest BCUT2D eigenvalue weighted by Crippen LogP contribution is 2.46.